The van der Waals surface area contributed by atoms with E-state index in [0.29, 0.717) is 27.2 Å². The van der Waals surface area contributed by atoms with Crippen LogP contribution in [0.5, 0.6) is 11.5 Å². The number of nitriles is 1. The van der Waals surface area contributed by atoms with Crippen molar-refractivity contribution < 1.29 is 19.2 Å². The van der Waals surface area contributed by atoms with Crippen LogP contribution in [0.4, 0.5) is 11.4 Å². The molecule has 0 saturated heterocycles. The second-order valence-electron chi connectivity index (χ2n) is 7.41. The smallest absolute Gasteiger partial charge is 0.272 e. The summed E-state index contributed by atoms with van der Waals surface area (Å²) in [5, 5.41) is 22.7. The summed E-state index contributed by atoms with van der Waals surface area (Å²) in [6.07, 6.45) is 1.37. The number of amides is 1. The summed E-state index contributed by atoms with van der Waals surface area (Å²) in [4.78, 5) is 23.1. The number of hydrogen-bond acceptors (Lipinski definition) is 6. The number of hydrogen-bond donors (Lipinski definition) is 1. The minimum atomic E-state index is -0.788. The third kappa shape index (κ3) is 6.46. The van der Waals surface area contributed by atoms with Gasteiger partial charge >= 0.3 is 0 Å². The number of benzene rings is 3. The van der Waals surface area contributed by atoms with Gasteiger partial charge in [-0.25, -0.2) is 0 Å². The van der Waals surface area contributed by atoms with Gasteiger partial charge in [-0.05, 0) is 64.4 Å². The predicted molar refractivity (Wildman–Crippen MR) is 147 cm³/mol. The van der Waals surface area contributed by atoms with Gasteiger partial charge in [0.05, 0.1) is 31.3 Å². The Kier molecular flexibility index (Phi) is 9.14. The minimum Gasteiger partial charge on any atom is -0.493 e. The van der Waals surface area contributed by atoms with Crippen molar-refractivity contribution in [1.82, 2.24) is 0 Å². The standard InChI is InChI=1S/C25H18Cl2IN3O5/c1-14-5-3-4-6-16(14)13-36-24-21(28)8-15(9-22(24)35-2)7-17(12-29)25(32)30-23-19(26)10-18(31(33)34)11-20(23)27/h3-11H,13H2,1-2H3,(H,30,32)/b17-7+. The number of nitro benzene ring substituents is 1. The van der Waals surface area contributed by atoms with Crippen LogP contribution in [-0.2, 0) is 11.4 Å². The Morgan fingerprint density at radius 3 is 2.47 bits per heavy atom. The molecule has 11 heteroatoms. The lowest BCUT2D eigenvalue weighted by molar-refractivity contribution is -0.384. The van der Waals surface area contributed by atoms with Crippen LogP contribution in [0.15, 0.2) is 54.1 Å². The maximum Gasteiger partial charge on any atom is 0.272 e. The fraction of sp³-hybridized carbons (Fsp3) is 0.120. The second kappa shape index (κ2) is 12.1. The number of ether oxygens (including phenoxy) is 2. The highest BCUT2D eigenvalue weighted by Gasteiger charge is 2.19. The molecule has 0 fully saturated rings. The largest absolute Gasteiger partial charge is 0.493 e. The maximum atomic E-state index is 12.8. The highest BCUT2D eigenvalue weighted by Crippen LogP contribution is 2.37. The topological polar surface area (TPSA) is 114 Å². The molecule has 0 aliphatic carbocycles. The third-order valence-corrected chi connectivity index (χ3v) is 6.43. The molecule has 3 aromatic rings. The molecule has 8 nitrogen and oxygen atoms in total. The van der Waals surface area contributed by atoms with E-state index < -0.39 is 10.8 Å². The molecule has 1 N–H and O–H groups in total. The predicted octanol–water partition coefficient (Wildman–Crippen LogP) is 6.95. The van der Waals surface area contributed by atoms with E-state index in [0.717, 1.165) is 23.3 Å². The van der Waals surface area contributed by atoms with Crippen LogP contribution in [0.25, 0.3) is 6.08 Å². The van der Waals surface area contributed by atoms with Crippen molar-refractivity contribution in [3.05, 3.63) is 94.5 Å². The van der Waals surface area contributed by atoms with Crippen LogP contribution < -0.4 is 14.8 Å². The van der Waals surface area contributed by atoms with Crippen LogP contribution in [0.3, 0.4) is 0 Å². The number of methoxy groups -OCH3 is 1. The van der Waals surface area contributed by atoms with E-state index in [1.165, 1.54) is 13.2 Å². The van der Waals surface area contributed by atoms with Crippen LogP contribution in [0, 0.1) is 31.9 Å². The van der Waals surface area contributed by atoms with Gasteiger partial charge in [0, 0.05) is 12.1 Å². The second-order valence-corrected chi connectivity index (χ2v) is 9.39. The normalized spacial score (nSPS) is 10.9. The van der Waals surface area contributed by atoms with E-state index in [9.17, 15) is 20.2 Å². The molecule has 184 valence electrons. The zero-order chi connectivity index (χ0) is 26.4. The van der Waals surface area contributed by atoms with Gasteiger partial charge in [0.1, 0.15) is 18.2 Å². The molecule has 0 spiro atoms. The molecule has 0 heterocycles. The van der Waals surface area contributed by atoms with Gasteiger partial charge in [-0.15, -0.1) is 0 Å². The van der Waals surface area contributed by atoms with Crippen LogP contribution in [0.1, 0.15) is 16.7 Å². The van der Waals surface area contributed by atoms with Crippen molar-refractivity contribution in [1.29, 1.82) is 5.26 Å². The van der Waals surface area contributed by atoms with Crippen molar-refractivity contribution in [3.63, 3.8) is 0 Å². The van der Waals surface area contributed by atoms with Gasteiger partial charge in [-0.1, -0.05) is 47.5 Å². The first-order chi connectivity index (χ1) is 17.1. The molecule has 0 atom stereocenters. The Hall–Kier alpha value is -3.33. The lowest BCUT2D eigenvalue weighted by Gasteiger charge is -2.15. The van der Waals surface area contributed by atoms with Crippen molar-refractivity contribution >= 4 is 69.2 Å². The number of anilines is 1. The van der Waals surface area contributed by atoms with E-state index >= 15 is 0 Å². The van der Waals surface area contributed by atoms with Crippen LogP contribution in [-0.4, -0.2) is 17.9 Å². The Morgan fingerprint density at radius 2 is 1.89 bits per heavy atom. The van der Waals surface area contributed by atoms with Gasteiger partial charge in [-0.2, -0.15) is 5.26 Å². The summed E-state index contributed by atoms with van der Waals surface area (Å²) in [6.45, 7) is 2.34. The van der Waals surface area contributed by atoms with E-state index in [1.807, 2.05) is 37.3 Å². The zero-order valence-electron chi connectivity index (χ0n) is 19.0. The molecule has 0 aliphatic rings. The van der Waals surface area contributed by atoms with E-state index in [4.69, 9.17) is 32.7 Å². The molecular formula is C25H18Cl2IN3O5. The number of rotatable bonds is 8. The van der Waals surface area contributed by atoms with Crippen molar-refractivity contribution in [3.8, 4) is 17.6 Å². The molecule has 1 amide bonds. The van der Waals surface area contributed by atoms with E-state index in [1.54, 1.807) is 12.1 Å². The number of nitrogens with one attached hydrogen (secondary N) is 1. The number of nitro groups is 1. The molecule has 0 radical (unpaired) electrons. The lowest BCUT2D eigenvalue weighted by Crippen LogP contribution is -2.14. The molecule has 3 rings (SSSR count). The molecule has 3 aromatic carbocycles. The summed E-state index contributed by atoms with van der Waals surface area (Å²) in [7, 11) is 1.50. The summed E-state index contributed by atoms with van der Waals surface area (Å²) >= 11 is 14.2. The number of aryl methyl sites for hydroxylation is 1. The molecule has 0 unspecified atom stereocenters. The Balaban J connectivity index is 1.86. The molecule has 0 aliphatic heterocycles. The average Bonchev–Trinajstić information content (AvgIpc) is 2.84. The fourth-order valence-corrected chi connectivity index (χ4v) is 4.52. The number of carbonyl (C=O) groups is 1. The highest BCUT2D eigenvalue weighted by atomic mass is 127. The molecule has 36 heavy (non-hydrogen) atoms. The zero-order valence-corrected chi connectivity index (χ0v) is 22.6. The van der Waals surface area contributed by atoms with Gasteiger partial charge < -0.3 is 14.8 Å². The molecule has 0 bridgehead atoms. The molecule has 0 aromatic heterocycles. The maximum absolute atomic E-state index is 12.8. The summed E-state index contributed by atoms with van der Waals surface area (Å²) in [6, 6.07) is 15.2. The average molecular weight is 638 g/mol. The van der Waals surface area contributed by atoms with Gasteiger partial charge in [0.25, 0.3) is 11.6 Å². The highest BCUT2D eigenvalue weighted by molar-refractivity contribution is 14.1. The Labute approximate surface area is 230 Å². The fourth-order valence-electron chi connectivity index (χ4n) is 3.17. The number of halogens is 3. The minimum absolute atomic E-state index is 0.0396. The van der Waals surface area contributed by atoms with Crippen molar-refractivity contribution in [2.75, 3.05) is 12.4 Å². The molecule has 0 saturated carbocycles. The first-order valence-corrected chi connectivity index (χ1v) is 12.1. The van der Waals surface area contributed by atoms with Gasteiger partial charge in [-0.3, -0.25) is 14.9 Å². The number of non-ortho nitro benzene ring substituents is 1. The van der Waals surface area contributed by atoms with Gasteiger partial charge in [0.15, 0.2) is 11.5 Å². The quantitative estimate of drug-likeness (QED) is 0.0940. The number of carbonyl (C=O) groups excluding carboxylic acids is 1. The van der Waals surface area contributed by atoms with Crippen LogP contribution >= 0.6 is 45.8 Å². The van der Waals surface area contributed by atoms with Crippen LogP contribution in [0.2, 0.25) is 10.0 Å². The molecular weight excluding hydrogens is 620 g/mol. The first-order valence-electron chi connectivity index (χ1n) is 10.3. The third-order valence-electron chi connectivity index (χ3n) is 5.04. The Morgan fingerprint density at radius 1 is 1.22 bits per heavy atom. The summed E-state index contributed by atoms with van der Waals surface area (Å²) in [5.74, 6) is 0.177. The lowest BCUT2D eigenvalue weighted by atomic mass is 10.1. The van der Waals surface area contributed by atoms with Gasteiger partial charge in [0.2, 0.25) is 0 Å². The van der Waals surface area contributed by atoms with Crippen molar-refractivity contribution in [2.45, 2.75) is 13.5 Å². The van der Waals surface area contributed by atoms with E-state index in [-0.39, 0.29) is 27.0 Å². The van der Waals surface area contributed by atoms with E-state index in [2.05, 4.69) is 27.9 Å². The first kappa shape index (κ1) is 27.3. The number of nitrogens with zero attached hydrogens (tertiary/aromatic N) is 2. The Bertz CT molecular complexity index is 1400. The summed E-state index contributed by atoms with van der Waals surface area (Å²) < 4.78 is 12.2. The monoisotopic (exact) mass is 637 g/mol. The SMILES string of the molecule is COc1cc(/C=C(\C#N)C(=O)Nc2c(Cl)cc([N+](=O)[O-])cc2Cl)cc(I)c1OCc1ccccc1C. The summed E-state index contributed by atoms with van der Waals surface area (Å²) in [5.41, 5.74) is 2.04. The van der Waals surface area contributed by atoms with Crippen molar-refractivity contribution in [2.24, 2.45) is 0 Å².